The van der Waals surface area contributed by atoms with Gasteiger partial charge in [-0.3, -0.25) is 0 Å². The molecule has 0 bridgehead atoms. The molecule has 0 aliphatic carbocycles. The van der Waals surface area contributed by atoms with E-state index >= 15 is 0 Å². The van der Waals surface area contributed by atoms with Crippen molar-refractivity contribution in [2.75, 3.05) is 13.2 Å². The summed E-state index contributed by atoms with van der Waals surface area (Å²) in [6, 6.07) is 7.29. The molecule has 1 rings (SSSR count). The number of esters is 1. The monoisotopic (exact) mass is 240 g/mol. The van der Waals surface area contributed by atoms with E-state index in [0.717, 1.165) is 4.90 Å². The lowest BCUT2D eigenvalue weighted by Crippen LogP contribution is -2.08. The Hall–Kier alpha value is -1.00. The first-order valence-electron chi connectivity index (χ1n) is 5.18. The lowest BCUT2D eigenvalue weighted by atomic mass is 10.2. The van der Waals surface area contributed by atoms with Crippen LogP contribution in [0.2, 0.25) is 0 Å². The van der Waals surface area contributed by atoms with Gasteiger partial charge in [0.2, 0.25) is 0 Å². The molecule has 0 aliphatic rings. The van der Waals surface area contributed by atoms with E-state index in [9.17, 15) is 4.79 Å². The smallest absolute Gasteiger partial charge is 0.338 e. The molecule has 0 unspecified atom stereocenters. The Kier molecular flexibility index (Phi) is 5.35. The maximum Gasteiger partial charge on any atom is 0.338 e. The van der Waals surface area contributed by atoms with Gasteiger partial charge in [-0.05, 0) is 24.3 Å². The van der Waals surface area contributed by atoms with E-state index in [4.69, 9.17) is 9.84 Å². The number of carbonyl (C=O) groups is 1. The van der Waals surface area contributed by atoms with E-state index in [1.165, 1.54) is 0 Å². The molecule has 3 nitrogen and oxygen atoms in total. The third-order valence-corrected chi connectivity index (χ3v) is 2.80. The molecule has 4 heteroatoms. The number of rotatable bonds is 5. The summed E-state index contributed by atoms with van der Waals surface area (Å²) in [5.74, 6) is -0.393. The van der Waals surface area contributed by atoms with Gasteiger partial charge in [-0.1, -0.05) is 13.8 Å². The van der Waals surface area contributed by atoms with Crippen molar-refractivity contribution >= 4 is 17.7 Å². The SMILES string of the molecule is CC(C)Sc1ccc(C(=O)OCCO)cc1. The van der Waals surface area contributed by atoms with E-state index in [1.807, 2.05) is 12.1 Å². The second-order valence-corrected chi connectivity index (χ2v) is 5.20. The van der Waals surface area contributed by atoms with Gasteiger partial charge >= 0.3 is 5.97 Å². The maximum absolute atomic E-state index is 11.4. The highest BCUT2D eigenvalue weighted by atomic mass is 32.2. The minimum Gasteiger partial charge on any atom is -0.460 e. The van der Waals surface area contributed by atoms with E-state index in [-0.39, 0.29) is 13.2 Å². The Balaban J connectivity index is 2.60. The fourth-order valence-electron chi connectivity index (χ4n) is 1.16. The van der Waals surface area contributed by atoms with Crippen LogP contribution in [0, 0.1) is 0 Å². The first-order chi connectivity index (χ1) is 7.63. The molecule has 0 amide bonds. The second kappa shape index (κ2) is 6.55. The lowest BCUT2D eigenvalue weighted by molar-refractivity contribution is 0.0433. The van der Waals surface area contributed by atoms with E-state index in [1.54, 1.807) is 23.9 Å². The summed E-state index contributed by atoms with van der Waals surface area (Å²) in [4.78, 5) is 12.5. The highest BCUT2D eigenvalue weighted by Gasteiger charge is 2.06. The van der Waals surface area contributed by atoms with Crippen LogP contribution in [0.4, 0.5) is 0 Å². The van der Waals surface area contributed by atoms with Crippen LogP contribution in [-0.2, 0) is 4.74 Å². The topological polar surface area (TPSA) is 46.5 Å². The third-order valence-electron chi connectivity index (χ3n) is 1.79. The van der Waals surface area contributed by atoms with Crippen molar-refractivity contribution in [3.8, 4) is 0 Å². The van der Waals surface area contributed by atoms with E-state index in [0.29, 0.717) is 10.8 Å². The third kappa shape index (κ3) is 4.24. The molecule has 1 aromatic carbocycles. The van der Waals surface area contributed by atoms with E-state index < -0.39 is 5.97 Å². The van der Waals surface area contributed by atoms with Gasteiger partial charge in [-0.15, -0.1) is 11.8 Å². The van der Waals surface area contributed by atoms with Gasteiger partial charge in [-0.25, -0.2) is 4.79 Å². The Morgan fingerprint density at radius 1 is 1.38 bits per heavy atom. The molecule has 16 heavy (non-hydrogen) atoms. The molecule has 1 N–H and O–H groups in total. The van der Waals surface area contributed by atoms with Gasteiger partial charge in [0.1, 0.15) is 6.61 Å². The predicted molar refractivity (Wildman–Crippen MR) is 64.8 cm³/mol. The van der Waals surface area contributed by atoms with Crippen LogP contribution >= 0.6 is 11.8 Å². The highest BCUT2D eigenvalue weighted by Crippen LogP contribution is 2.22. The normalized spacial score (nSPS) is 10.5. The number of hydrogen-bond donors (Lipinski definition) is 1. The zero-order valence-electron chi connectivity index (χ0n) is 9.47. The van der Waals surface area contributed by atoms with Gasteiger partial charge in [0, 0.05) is 10.1 Å². The predicted octanol–water partition coefficient (Wildman–Crippen LogP) is 2.34. The van der Waals surface area contributed by atoms with Gasteiger partial charge in [0.15, 0.2) is 0 Å². The molecular weight excluding hydrogens is 224 g/mol. The van der Waals surface area contributed by atoms with Crippen molar-refractivity contribution in [1.29, 1.82) is 0 Å². The lowest BCUT2D eigenvalue weighted by Gasteiger charge is -2.06. The number of thioether (sulfide) groups is 1. The zero-order valence-corrected chi connectivity index (χ0v) is 10.3. The second-order valence-electron chi connectivity index (χ2n) is 3.55. The van der Waals surface area contributed by atoms with Crippen LogP contribution in [-0.4, -0.2) is 29.5 Å². The van der Waals surface area contributed by atoms with Crippen molar-refractivity contribution in [2.45, 2.75) is 24.0 Å². The minimum atomic E-state index is -0.393. The molecule has 0 atom stereocenters. The summed E-state index contributed by atoms with van der Waals surface area (Å²) >= 11 is 1.74. The van der Waals surface area contributed by atoms with Crippen LogP contribution in [0.25, 0.3) is 0 Å². The number of hydrogen-bond acceptors (Lipinski definition) is 4. The summed E-state index contributed by atoms with van der Waals surface area (Å²) in [5, 5.41) is 9.05. The Morgan fingerprint density at radius 2 is 2.00 bits per heavy atom. The zero-order chi connectivity index (χ0) is 12.0. The summed E-state index contributed by atoms with van der Waals surface area (Å²) in [5.41, 5.74) is 0.515. The minimum absolute atomic E-state index is 0.0430. The summed E-state index contributed by atoms with van der Waals surface area (Å²) < 4.78 is 4.80. The number of aliphatic hydroxyl groups is 1. The molecule has 0 spiro atoms. The highest BCUT2D eigenvalue weighted by molar-refractivity contribution is 7.99. The van der Waals surface area contributed by atoms with Crippen molar-refractivity contribution in [3.63, 3.8) is 0 Å². The Morgan fingerprint density at radius 3 is 2.50 bits per heavy atom. The summed E-state index contributed by atoms with van der Waals surface area (Å²) in [6.07, 6.45) is 0. The molecule has 0 aromatic heterocycles. The van der Waals surface area contributed by atoms with Gasteiger partial charge in [0.05, 0.1) is 12.2 Å². The molecule has 0 heterocycles. The van der Waals surface area contributed by atoms with Crippen molar-refractivity contribution in [2.24, 2.45) is 0 Å². The fraction of sp³-hybridized carbons (Fsp3) is 0.417. The van der Waals surface area contributed by atoms with Crippen LogP contribution in [0.3, 0.4) is 0 Å². The fourth-order valence-corrected chi connectivity index (χ4v) is 2.00. The van der Waals surface area contributed by atoms with Crippen LogP contribution in [0.15, 0.2) is 29.2 Å². The Labute approximate surface area is 99.8 Å². The number of ether oxygens (including phenoxy) is 1. The average molecular weight is 240 g/mol. The summed E-state index contributed by atoms with van der Waals surface area (Å²) in [7, 11) is 0. The standard InChI is InChI=1S/C12H16O3S/c1-9(2)16-11-5-3-10(4-6-11)12(14)15-8-7-13/h3-6,9,13H,7-8H2,1-2H3. The first kappa shape index (κ1) is 13.1. The maximum atomic E-state index is 11.4. The molecule has 0 saturated heterocycles. The molecule has 1 aromatic rings. The quantitative estimate of drug-likeness (QED) is 0.634. The van der Waals surface area contributed by atoms with Crippen LogP contribution in [0.1, 0.15) is 24.2 Å². The first-order valence-corrected chi connectivity index (χ1v) is 6.06. The molecular formula is C12H16O3S. The average Bonchev–Trinajstić information content (AvgIpc) is 2.26. The van der Waals surface area contributed by atoms with Crippen LogP contribution < -0.4 is 0 Å². The largest absolute Gasteiger partial charge is 0.460 e. The molecule has 88 valence electrons. The molecule has 0 radical (unpaired) electrons. The summed E-state index contributed by atoms with van der Waals surface area (Å²) in [6.45, 7) is 4.14. The number of benzene rings is 1. The Bertz CT molecular complexity index is 333. The molecule has 0 saturated carbocycles. The van der Waals surface area contributed by atoms with Crippen LogP contribution in [0.5, 0.6) is 0 Å². The van der Waals surface area contributed by atoms with Gasteiger partial charge in [0.25, 0.3) is 0 Å². The number of aliphatic hydroxyl groups excluding tert-OH is 1. The van der Waals surface area contributed by atoms with Crippen molar-refractivity contribution in [3.05, 3.63) is 29.8 Å². The van der Waals surface area contributed by atoms with Gasteiger partial charge < -0.3 is 9.84 Å². The molecule has 0 fully saturated rings. The molecule has 0 aliphatic heterocycles. The van der Waals surface area contributed by atoms with Crippen molar-refractivity contribution in [1.82, 2.24) is 0 Å². The van der Waals surface area contributed by atoms with Gasteiger partial charge in [-0.2, -0.15) is 0 Å². The van der Waals surface area contributed by atoms with E-state index in [2.05, 4.69) is 13.8 Å². The van der Waals surface area contributed by atoms with Crippen molar-refractivity contribution < 1.29 is 14.6 Å². The number of carbonyl (C=O) groups excluding carboxylic acids is 1.